The predicted molar refractivity (Wildman–Crippen MR) is 49.3 cm³/mol. The van der Waals surface area contributed by atoms with Crippen LogP contribution in [-0.2, 0) is 16.5 Å². The van der Waals surface area contributed by atoms with Gasteiger partial charge in [0.15, 0.2) is 0 Å². The molecule has 0 bridgehead atoms. The Kier molecular flexibility index (Phi) is 2.45. The van der Waals surface area contributed by atoms with E-state index in [0.717, 1.165) is 6.07 Å². The Bertz CT molecular complexity index is 407. The molecule has 0 radical (unpaired) electrons. The topological polar surface area (TPSA) is 9.23 Å². The lowest BCUT2D eigenvalue weighted by atomic mass is 10.0. The Balaban J connectivity index is 2.50. The molecular formula is C11H10F4O. The van der Waals surface area contributed by atoms with E-state index in [4.69, 9.17) is 4.74 Å². The molecule has 88 valence electrons. The average Bonchev–Trinajstić information content (AvgIpc) is 2.97. The summed E-state index contributed by atoms with van der Waals surface area (Å²) in [6, 6.07) is 3.30. The van der Waals surface area contributed by atoms with Gasteiger partial charge in [0, 0.05) is 12.7 Å². The Hall–Kier alpha value is -1.10. The lowest BCUT2D eigenvalue weighted by molar-refractivity contribution is -0.140. The highest BCUT2D eigenvalue weighted by Gasteiger charge is 2.48. The Morgan fingerprint density at radius 2 is 1.88 bits per heavy atom. The molecule has 1 aliphatic rings. The van der Waals surface area contributed by atoms with Crippen molar-refractivity contribution >= 4 is 0 Å². The molecular weight excluding hydrogens is 224 g/mol. The molecule has 0 aliphatic heterocycles. The van der Waals surface area contributed by atoms with Gasteiger partial charge >= 0.3 is 6.18 Å². The molecule has 1 aromatic carbocycles. The average molecular weight is 234 g/mol. The van der Waals surface area contributed by atoms with Crippen LogP contribution < -0.4 is 0 Å². The molecule has 0 amide bonds. The Morgan fingerprint density at radius 1 is 1.25 bits per heavy atom. The number of hydrogen-bond donors (Lipinski definition) is 0. The zero-order valence-electron chi connectivity index (χ0n) is 8.57. The van der Waals surface area contributed by atoms with Gasteiger partial charge in [-0.05, 0) is 18.9 Å². The predicted octanol–water partition coefficient (Wildman–Crippen LogP) is 3.48. The fourth-order valence-corrected chi connectivity index (χ4v) is 1.80. The monoisotopic (exact) mass is 234 g/mol. The van der Waals surface area contributed by atoms with Crippen molar-refractivity contribution < 1.29 is 22.3 Å². The first-order chi connectivity index (χ1) is 7.41. The molecule has 16 heavy (non-hydrogen) atoms. The van der Waals surface area contributed by atoms with E-state index in [0.29, 0.717) is 12.8 Å². The van der Waals surface area contributed by atoms with E-state index in [-0.39, 0.29) is 5.56 Å². The van der Waals surface area contributed by atoms with E-state index < -0.39 is 23.2 Å². The van der Waals surface area contributed by atoms with Crippen LogP contribution in [0.3, 0.4) is 0 Å². The second-order valence-electron chi connectivity index (χ2n) is 3.86. The van der Waals surface area contributed by atoms with Crippen LogP contribution in [0.1, 0.15) is 24.0 Å². The summed E-state index contributed by atoms with van der Waals surface area (Å²) in [7, 11) is 1.38. The minimum Gasteiger partial charge on any atom is -0.373 e. The molecule has 1 aromatic rings. The number of halogens is 4. The van der Waals surface area contributed by atoms with Gasteiger partial charge < -0.3 is 4.74 Å². The second-order valence-corrected chi connectivity index (χ2v) is 3.86. The number of alkyl halides is 3. The summed E-state index contributed by atoms with van der Waals surface area (Å²) < 4.78 is 56.1. The molecule has 1 nitrogen and oxygen atoms in total. The zero-order valence-corrected chi connectivity index (χ0v) is 8.57. The third-order valence-corrected chi connectivity index (χ3v) is 2.89. The highest BCUT2D eigenvalue weighted by Crippen LogP contribution is 2.50. The molecule has 0 saturated heterocycles. The molecule has 0 aromatic heterocycles. The van der Waals surface area contributed by atoms with Gasteiger partial charge in [-0.1, -0.05) is 12.1 Å². The van der Waals surface area contributed by atoms with E-state index in [2.05, 4.69) is 0 Å². The van der Waals surface area contributed by atoms with Crippen molar-refractivity contribution in [3.8, 4) is 0 Å². The number of methoxy groups -OCH3 is 1. The minimum atomic E-state index is -4.66. The van der Waals surface area contributed by atoms with Crippen LogP contribution in [0.25, 0.3) is 0 Å². The Labute approximate surface area is 90.0 Å². The van der Waals surface area contributed by atoms with E-state index in [9.17, 15) is 17.6 Å². The summed E-state index contributed by atoms with van der Waals surface area (Å²) in [4.78, 5) is 0. The number of hydrogen-bond acceptors (Lipinski definition) is 1. The molecule has 5 heteroatoms. The van der Waals surface area contributed by atoms with Crippen molar-refractivity contribution in [3.63, 3.8) is 0 Å². The van der Waals surface area contributed by atoms with Gasteiger partial charge in [-0.15, -0.1) is 0 Å². The largest absolute Gasteiger partial charge is 0.419 e. The molecule has 2 rings (SSSR count). The lowest BCUT2D eigenvalue weighted by Gasteiger charge is -2.17. The van der Waals surface area contributed by atoms with E-state index in [1.807, 2.05) is 0 Å². The normalized spacial score (nSPS) is 18.6. The third-order valence-electron chi connectivity index (χ3n) is 2.89. The van der Waals surface area contributed by atoms with Crippen molar-refractivity contribution in [2.24, 2.45) is 0 Å². The van der Waals surface area contributed by atoms with Gasteiger partial charge in [-0.25, -0.2) is 4.39 Å². The molecule has 0 heterocycles. The van der Waals surface area contributed by atoms with Crippen LogP contribution in [0, 0.1) is 5.82 Å². The van der Waals surface area contributed by atoms with Crippen molar-refractivity contribution in [2.75, 3.05) is 7.11 Å². The van der Waals surface area contributed by atoms with Crippen LogP contribution in [0.15, 0.2) is 18.2 Å². The summed E-state index contributed by atoms with van der Waals surface area (Å²) in [6.07, 6.45) is -3.55. The van der Waals surface area contributed by atoms with Gasteiger partial charge in [0.25, 0.3) is 0 Å². The van der Waals surface area contributed by atoms with Crippen LogP contribution in [0.4, 0.5) is 17.6 Å². The fraction of sp³-hybridized carbons (Fsp3) is 0.455. The molecule has 1 saturated carbocycles. The summed E-state index contributed by atoms with van der Waals surface area (Å²) in [6.45, 7) is 0. The lowest BCUT2D eigenvalue weighted by Crippen LogP contribution is -2.16. The summed E-state index contributed by atoms with van der Waals surface area (Å²) in [5.41, 5.74) is -2.07. The summed E-state index contributed by atoms with van der Waals surface area (Å²) >= 11 is 0. The van der Waals surface area contributed by atoms with Crippen LogP contribution in [0.5, 0.6) is 0 Å². The summed E-state index contributed by atoms with van der Waals surface area (Å²) in [5, 5.41) is 0. The van der Waals surface area contributed by atoms with Gasteiger partial charge in [0.2, 0.25) is 0 Å². The van der Waals surface area contributed by atoms with Crippen molar-refractivity contribution in [2.45, 2.75) is 24.6 Å². The maximum atomic E-state index is 13.7. The minimum absolute atomic E-state index is 0.00447. The number of rotatable bonds is 2. The number of benzene rings is 1. The van der Waals surface area contributed by atoms with E-state index in [1.54, 1.807) is 0 Å². The fourth-order valence-electron chi connectivity index (χ4n) is 1.80. The molecule has 0 atom stereocenters. The van der Waals surface area contributed by atoms with Crippen molar-refractivity contribution in [3.05, 3.63) is 35.1 Å². The quantitative estimate of drug-likeness (QED) is 0.712. The Morgan fingerprint density at radius 3 is 2.31 bits per heavy atom. The summed E-state index contributed by atoms with van der Waals surface area (Å²) in [5.74, 6) is -1.21. The van der Waals surface area contributed by atoms with Crippen LogP contribution in [-0.4, -0.2) is 7.11 Å². The molecule has 0 unspecified atom stereocenters. The first-order valence-electron chi connectivity index (χ1n) is 4.82. The first-order valence-corrected chi connectivity index (χ1v) is 4.82. The SMILES string of the molecule is COC1(c2cccc(C(F)(F)F)c2F)CC1. The third kappa shape index (κ3) is 1.69. The number of ether oxygens (including phenoxy) is 1. The van der Waals surface area contributed by atoms with Gasteiger partial charge in [0.1, 0.15) is 5.82 Å². The molecule has 1 fully saturated rings. The highest BCUT2D eigenvalue weighted by molar-refractivity contribution is 5.35. The van der Waals surface area contributed by atoms with Crippen molar-refractivity contribution in [1.82, 2.24) is 0 Å². The zero-order chi connectivity index (χ0) is 12.0. The standard InChI is InChI=1S/C11H10F4O/c1-16-10(5-6-10)7-3-2-4-8(9(7)12)11(13,14)15/h2-4H,5-6H2,1H3. The molecule has 0 spiro atoms. The van der Waals surface area contributed by atoms with E-state index in [1.165, 1.54) is 19.2 Å². The van der Waals surface area contributed by atoms with Crippen LogP contribution in [0.2, 0.25) is 0 Å². The molecule has 1 aliphatic carbocycles. The van der Waals surface area contributed by atoms with Gasteiger partial charge in [0.05, 0.1) is 11.2 Å². The van der Waals surface area contributed by atoms with Gasteiger partial charge in [-0.2, -0.15) is 13.2 Å². The molecule has 0 N–H and O–H groups in total. The van der Waals surface area contributed by atoms with E-state index >= 15 is 0 Å². The maximum Gasteiger partial charge on any atom is 0.419 e. The maximum absolute atomic E-state index is 13.7. The van der Waals surface area contributed by atoms with Crippen molar-refractivity contribution in [1.29, 1.82) is 0 Å². The highest BCUT2D eigenvalue weighted by atomic mass is 19.4. The van der Waals surface area contributed by atoms with Crippen LogP contribution >= 0.6 is 0 Å². The second kappa shape index (κ2) is 3.45. The smallest absolute Gasteiger partial charge is 0.373 e. The first kappa shape index (κ1) is 11.4. The van der Waals surface area contributed by atoms with Gasteiger partial charge in [-0.3, -0.25) is 0 Å².